The molecule has 1 atom stereocenters. The molecule has 194 valence electrons. The molecule has 1 N–H and O–H groups in total. The molecule has 1 aliphatic rings. The van der Waals surface area contributed by atoms with E-state index in [-0.39, 0.29) is 17.9 Å². The van der Waals surface area contributed by atoms with Gasteiger partial charge in [0.25, 0.3) is 5.56 Å². The lowest BCUT2D eigenvalue weighted by Gasteiger charge is -2.27. The topological polar surface area (TPSA) is 90.1 Å². The first-order chi connectivity index (χ1) is 17.7. The highest BCUT2D eigenvalue weighted by Crippen LogP contribution is 2.38. The van der Waals surface area contributed by atoms with E-state index in [2.05, 4.69) is 15.9 Å². The number of phenolic OH excluding ortho intramolecular Hbond substituents is 1. The molecule has 4 rings (SSSR count). The molecule has 0 saturated heterocycles. The summed E-state index contributed by atoms with van der Waals surface area (Å²) in [5.74, 6) is -0.158. The highest BCUT2D eigenvalue weighted by Gasteiger charge is 2.36. The number of phenols is 1. The van der Waals surface area contributed by atoms with E-state index in [1.807, 2.05) is 6.92 Å². The maximum atomic E-state index is 13.9. The smallest absolute Gasteiger partial charge is 0.338 e. The molecule has 0 saturated carbocycles. The van der Waals surface area contributed by atoms with Gasteiger partial charge in [0.1, 0.15) is 17.5 Å². The first-order valence-corrected chi connectivity index (χ1v) is 13.8. The standard InChI is InChI=1S/C26H23BrCl2N2O5S/c1-4-6-18-21(25(34)36-5-2)22(16-11-14(28)7-8-19(16)35-3)31-24(33)20(37-26(31)30-18)10-13-9-15(29)12-17(27)23(13)32/h7-12,22,32H,4-6H2,1-3H3/b20-10+/t22-/m0/s1. The number of rotatable bonds is 7. The van der Waals surface area contributed by atoms with Crippen LogP contribution < -0.4 is 19.6 Å². The van der Waals surface area contributed by atoms with Crippen LogP contribution in [0.3, 0.4) is 0 Å². The van der Waals surface area contributed by atoms with Crippen molar-refractivity contribution in [3.05, 3.63) is 86.9 Å². The summed E-state index contributed by atoms with van der Waals surface area (Å²) in [6, 6.07) is 7.28. The quantitative estimate of drug-likeness (QED) is 0.357. The number of benzene rings is 2. The number of aromatic nitrogens is 1. The van der Waals surface area contributed by atoms with E-state index >= 15 is 0 Å². The summed E-state index contributed by atoms with van der Waals surface area (Å²) in [5, 5.41) is 11.3. The van der Waals surface area contributed by atoms with Crippen molar-refractivity contribution < 1.29 is 19.4 Å². The van der Waals surface area contributed by atoms with E-state index in [4.69, 9.17) is 37.7 Å². The Kier molecular flexibility index (Phi) is 8.48. The van der Waals surface area contributed by atoms with Crippen LogP contribution in [-0.2, 0) is 9.53 Å². The van der Waals surface area contributed by atoms with Gasteiger partial charge in [0.05, 0.1) is 34.0 Å². The largest absolute Gasteiger partial charge is 0.506 e. The molecule has 0 bridgehead atoms. The fraction of sp³-hybridized carbons (Fsp3) is 0.269. The van der Waals surface area contributed by atoms with Gasteiger partial charge in [-0.15, -0.1) is 0 Å². The number of hydrogen-bond acceptors (Lipinski definition) is 7. The highest BCUT2D eigenvalue weighted by molar-refractivity contribution is 9.10. The van der Waals surface area contributed by atoms with Crippen LogP contribution in [0.2, 0.25) is 10.0 Å². The van der Waals surface area contributed by atoms with Crippen molar-refractivity contribution in [1.82, 2.24) is 4.57 Å². The fourth-order valence-electron chi connectivity index (χ4n) is 4.17. The van der Waals surface area contributed by atoms with Crippen molar-refractivity contribution in [2.75, 3.05) is 13.7 Å². The Morgan fingerprint density at radius 3 is 2.68 bits per heavy atom. The number of allylic oxidation sites excluding steroid dienone is 1. The summed E-state index contributed by atoms with van der Waals surface area (Å²) in [6.45, 7) is 3.86. The molecule has 2 aromatic carbocycles. The van der Waals surface area contributed by atoms with E-state index in [0.29, 0.717) is 52.8 Å². The molecule has 0 unspecified atom stereocenters. The normalized spacial score (nSPS) is 15.4. The Labute approximate surface area is 235 Å². The third-order valence-corrected chi connectivity index (χ3v) is 7.76. The number of hydrogen-bond donors (Lipinski definition) is 1. The Bertz CT molecular complexity index is 1600. The molecule has 1 aromatic heterocycles. The number of aromatic hydroxyl groups is 1. The van der Waals surface area contributed by atoms with Crippen LogP contribution in [0.15, 0.2) is 55.9 Å². The summed E-state index contributed by atoms with van der Waals surface area (Å²) in [7, 11) is 1.51. The van der Waals surface area contributed by atoms with Crippen LogP contribution in [0.25, 0.3) is 6.08 Å². The number of ether oxygens (including phenoxy) is 2. The molecule has 2 heterocycles. The fourth-order valence-corrected chi connectivity index (χ4v) is 6.20. The summed E-state index contributed by atoms with van der Waals surface area (Å²) in [5.41, 5.74) is 1.29. The minimum atomic E-state index is -0.882. The molecule has 11 heteroatoms. The molecule has 1 aliphatic heterocycles. The predicted octanol–water partition coefficient (Wildman–Crippen LogP) is 5.36. The summed E-state index contributed by atoms with van der Waals surface area (Å²) >= 11 is 17.0. The number of thiazole rings is 1. The van der Waals surface area contributed by atoms with Gasteiger partial charge >= 0.3 is 5.97 Å². The summed E-state index contributed by atoms with van der Waals surface area (Å²) in [6.07, 6.45) is 2.77. The summed E-state index contributed by atoms with van der Waals surface area (Å²) in [4.78, 5) is 32.3. The van der Waals surface area contributed by atoms with Gasteiger partial charge in [0.2, 0.25) is 0 Å². The minimum Gasteiger partial charge on any atom is -0.506 e. The first kappa shape index (κ1) is 27.4. The Balaban J connectivity index is 2.08. The third-order valence-electron chi connectivity index (χ3n) is 5.72. The molecule has 0 aliphatic carbocycles. The first-order valence-electron chi connectivity index (χ1n) is 11.4. The minimum absolute atomic E-state index is 0.0535. The maximum absolute atomic E-state index is 13.9. The van der Waals surface area contributed by atoms with Gasteiger partial charge < -0.3 is 14.6 Å². The van der Waals surface area contributed by atoms with Gasteiger partial charge in [-0.25, -0.2) is 9.79 Å². The van der Waals surface area contributed by atoms with Crippen molar-refractivity contribution in [2.24, 2.45) is 4.99 Å². The molecule has 7 nitrogen and oxygen atoms in total. The number of esters is 1. The van der Waals surface area contributed by atoms with E-state index in [1.165, 1.54) is 11.7 Å². The lowest BCUT2D eigenvalue weighted by Crippen LogP contribution is -2.40. The summed E-state index contributed by atoms with van der Waals surface area (Å²) < 4.78 is 13.2. The number of nitrogens with zero attached hydrogens (tertiary/aromatic N) is 2. The van der Waals surface area contributed by atoms with E-state index in [0.717, 1.165) is 17.8 Å². The molecule has 37 heavy (non-hydrogen) atoms. The monoisotopic (exact) mass is 624 g/mol. The van der Waals surface area contributed by atoms with Crippen LogP contribution in [0.4, 0.5) is 0 Å². The zero-order valence-corrected chi connectivity index (χ0v) is 24.1. The van der Waals surface area contributed by atoms with Crippen molar-refractivity contribution >= 4 is 62.5 Å². The van der Waals surface area contributed by atoms with E-state index < -0.39 is 17.6 Å². The molecule has 3 aromatic rings. The molecule has 0 amide bonds. The van der Waals surface area contributed by atoms with Crippen LogP contribution in [0.1, 0.15) is 43.9 Å². The van der Waals surface area contributed by atoms with Crippen molar-refractivity contribution in [2.45, 2.75) is 32.7 Å². The molecule has 0 radical (unpaired) electrons. The molecule has 0 fully saturated rings. The maximum Gasteiger partial charge on any atom is 0.338 e. The zero-order chi connectivity index (χ0) is 26.9. The average Bonchev–Trinajstić information content (AvgIpc) is 3.16. The Morgan fingerprint density at radius 2 is 2.00 bits per heavy atom. The predicted molar refractivity (Wildman–Crippen MR) is 148 cm³/mol. The molecule has 0 spiro atoms. The van der Waals surface area contributed by atoms with Gasteiger partial charge in [-0.05, 0) is 65.7 Å². The Morgan fingerprint density at radius 1 is 1.24 bits per heavy atom. The third kappa shape index (κ3) is 5.36. The number of fused-ring (bicyclic) bond motifs is 1. The molecular weight excluding hydrogens is 603 g/mol. The number of carbonyl (C=O) groups excluding carboxylic acids is 1. The van der Waals surface area contributed by atoms with Gasteiger partial charge in [-0.3, -0.25) is 9.36 Å². The van der Waals surface area contributed by atoms with Crippen LogP contribution in [0.5, 0.6) is 11.5 Å². The average molecular weight is 626 g/mol. The number of methoxy groups -OCH3 is 1. The highest BCUT2D eigenvalue weighted by atomic mass is 79.9. The second-order valence-corrected chi connectivity index (χ2v) is 10.9. The van der Waals surface area contributed by atoms with Crippen LogP contribution in [0, 0.1) is 0 Å². The van der Waals surface area contributed by atoms with Crippen molar-refractivity contribution in [3.63, 3.8) is 0 Å². The van der Waals surface area contributed by atoms with Gasteiger partial charge in [0, 0.05) is 21.2 Å². The Hall–Kier alpha value is -2.59. The second kappa shape index (κ2) is 11.4. The number of carbonyl (C=O) groups is 1. The van der Waals surface area contributed by atoms with Crippen LogP contribution in [-0.4, -0.2) is 29.4 Å². The van der Waals surface area contributed by atoms with Gasteiger partial charge in [-0.1, -0.05) is 47.9 Å². The van der Waals surface area contributed by atoms with E-state index in [9.17, 15) is 14.7 Å². The lowest BCUT2D eigenvalue weighted by molar-refractivity contribution is -0.139. The van der Waals surface area contributed by atoms with Crippen molar-refractivity contribution in [1.29, 1.82) is 0 Å². The van der Waals surface area contributed by atoms with Gasteiger partial charge in [0.15, 0.2) is 4.80 Å². The van der Waals surface area contributed by atoms with E-state index in [1.54, 1.807) is 43.3 Å². The molecular formula is C26H23BrCl2N2O5S. The SMILES string of the molecule is CCCC1=C(C(=O)OCC)[C@H](c2cc(Cl)ccc2OC)n2c(s/c(=C/c3cc(Cl)cc(Br)c3O)c2=O)=N1. The zero-order valence-electron chi connectivity index (χ0n) is 20.2. The van der Waals surface area contributed by atoms with Gasteiger partial charge in [-0.2, -0.15) is 0 Å². The second-order valence-electron chi connectivity index (χ2n) is 8.13. The lowest BCUT2D eigenvalue weighted by atomic mass is 9.93. The van der Waals surface area contributed by atoms with Crippen molar-refractivity contribution in [3.8, 4) is 11.5 Å². The van der Waals surface area contributed by atoms with Crippen LogP contribution >= 0.6 is 50.5 Å². The number of halogens is 3.